The van der Waals surface area contributed by atoms with E-state index < -0.39 is 5.79 Å². The van der Waals surface area contributed by atoms with Crippen molar-refractivity contribution in [2.24, 2.45) is 45.8 Å². The number of methoxy groups -OCH3 is 1. The van der Waals surface area contributed by atoms with Gasteiger partial charge in [-0.3, -0.25) is 0 Å². The summed E-state index contributed by atoms with van der Waals surface area (Å²) in [5.41, 5.74) is 2.54. The van der Waals surface area contributed by atoms with E-state index in [2.05, 4.69) is 47.6 Å². The number of hydrogen-bond donors (Lipinski definition) is 0. The molecular weight excluding hydrogens is 436 g/mol. The number of fused-ring (bicyclic) bond motifs is 7. The van der Waals surface area contributed by atoms with Crippen LogP contribution >= 0.6 is 0 Å². The monoisotopic (exact) mass is 486 g/mol. The molecule has 2 aliphatic heterocycles. The van der Waals surface area contributed by atoms with Gasteiger partial charge in [-0.05, 0) is 93.3 Å². The molecule has 0 aromatic carbocycles. The largest absolute Gasteiger partial charge is 0.384 e. The predicted octanol–water partition coefficient (Wildman–Crippen LogP) is 6.77. The second-order valence-corrected chi connectivity index (χ2v) is 14.6. The van der Waals surface area contributed by atoms with Crippen LogP contribution in [-0.4, -0.2) is 44.4 Å². The van der Waals surface area contributed by atoms with Gasteiger partial charge in [-0.25, -0.2) is 0 Å². The molecule has 0 bridgehead atoms. The zero-order valence-electron chi connectivity index (χ0n) is 23.4. The summed E-state index contributed by atoms with van der Waals surface area (Å²) in [4.78, 5) is 0. The van der Waals surface area contributed by atoms with E-state index in [1.807, 2.05) is 7.11 Å². The molecule has 4 aliphatic carbocycles. The second-order valence-electron chi connectivity index (χ2n) is 14.6. The first-order chi connectivity index (χ1) is 16.5. The van der Waals surface area contributed by atoms with Crippen LogP contribution in [0.2, 0.25) is 0 Å². The number of hydrogen-bond acceptors (Lipinski definition) is 4. The van der Waals surface area contributed by atoms with Gasteiger partial charge in [-0.2, -0.15) is 0 Å². The van der Waals surface area contributed by atoms with E-state index in [4.69, 9.17) is 18.9 Å². The third kappa shape index (κ3) is 3.59. The third-order valence-corrected chi connectivity index (χ3v) is 12.0. The molecule has 0 amide bonds. The lowest BCUT2D eigenvalue weighted by atomic mass is 9.47. The van der Waals surface area contributed by atoms with Crippen molar-refractivity contribution < 1.29 is 18.9 Å². The van der Waals surface area contributed by atoms with E-state index in [1.165, 1.54) is 38.5 Å². The summed E-state index contributed by atoms with van der Waals surface area (Å²) in [5, 5.41) is 0. The van der Waals surface area contributed by atoms with Crippen LogP contribution in [0.15, 0.2) is 11.6 Å². The van der Waals surface area contributed by atoms with Crippen molar-refractivity contribution in [3.05, 3.63) is 11.6 Å². The molecule has 6 unspecified atom stereocenters. The Bertz CT molecular complexity index is 868. The lowest BCUT2D eigenvalue weighted by molar-refractivity contribution is -0.220. The summed E-state index contributed by atoms with van der Waals surface area (Å²) in [7, 11) is 1.81. The second kappa shape index (κ2) is 8.29. The molecule has 1 spiro atoms. The molecule has 2 heterocycles. The Morgan fingerprint density at radius 3 is 2.66 bits per heavy atom. The van der Waals surface area contributed by atoms with Crippen LogP contribution in [-0.2, 0) is 18.9 Å². The van der Waals surface area contributed by atoms with Crippen LogP contribution in [0.3, 0.4) is 0 Å². The quantitative estimate of drug-likeness (QED) is 0.411. The molecular formula is C31H50O4. The first kappa shape index (κ1) is 24.9. The zero-order chi connectivity index (χ0) is 24.8. The number of rotatable bonds is 4. The van der Waals surface area contributed by atoms with E-state index in [0.29, 0.717) is 41.0 Å². The lowest BCUT2D eigenvalue weighted by Crippen LogP contribution is -2.52. The Balaban J connectivity index is 1.22. The van der Waals surface area contributed by atoms with Crippen LogP contribution in [0.5, 0.6) is 0 Å². The minimum Gasteiger partial charge on any atom is -0.384 e. The third-order valence-electron chi connectivity index (χ3n) is 12.0. The van der Waals surface area contributed by atoms with Crippen LogP contribution in [0.1, 0.15) is 92.9 Å². The normalized spacial score (nSPS) is 55.0. The zero-order valence-corrected chi connectivity index (χ0v) is 23.4. The van der Waals surface area contributed by atoms with E-state index in [0.717, 1.165) is 43.8 Å². The maximum absolute atomic E-state index is 7.00. The van der Waals surface area contributed by atoms with Crippen molar-refractivity contribution in [2.45, 2.75) is 117 Å². The molecule has 6 aliphatic rings. The molecule has 0 radical (unpaired) electrons. The maximum Gasteiger partial charge on any atom is 0.172 e. The fourth-order valence-corrected chi connectivity index (χ4v) is 10.6. The van der Waals surface area contributed by atoms with Gasteiger partial charge < -0.3 is 18.9 Å². The lowest BCUT2D eigenvalue weighted by Gasteiger charge is -2.58. The number of ether oxygens (including phenoxy) is 4. The molecule has 6 rings (SSSR count). The fraction of sp³-hybridized carbons (Fsp3) is 0.935. The SMILES string of the molecule is COC[C@@]1(C)COC2(C1)OC1CC3C4CC=C5C[C@@H](OC(C)C)CC[C@]5(C)C4CC[C@]3(C)C1[C@@H]2C. The summed E-state index contributed by atoms with van der Waals surface area (Å²) >= 11 is 0. The smallest absolute Gasteiger partial charge is 0.172 e. The Morgan fingerprint density at radius 2 is 1.91 bits per heavy atom. The summed E-state index contributed by atoms with van der Waals surface area (Å²) in [6.45, 7) is 15.9. The highest BCUT2D eigenvalue weighted by Gasteiger charge is 2.70. The van der Waals surface area contributed by atoms with Gasteiger partial charge in [0.25, 0.3) is 0 Å². The van der Waals surface area contributed by atoms with Crippen LogP contribution < -0.4 is 0 Å². The predicted molar refractivity (Wildman–Crippen MR) is 138 cm³/mol. The molecule has 35 heavy (non-hydrogen) atoms. The Labute approximate surface area is 213 Å². The van der Waals surface area contributed by atoms with Gasteiger partial charge in [-0.1, -0.05) is 39.3 Å². The van der Waals surface area contributed by atoms with Gasteiger partial charge in [0.1, 0.15) is 0 Å². The molecule has 3 saturated carbocycles. The van der Waals surface area contributed by atoms with Crippen molar-refractivity contribution in [1.29, 1.82) is 0 Å². The highest BCUT2D eigenvalue weighted by Crippen LogP contribution is 2.71. The molecule has 0 N–H and O–H groups in total. The van der Waals surface area contributed by atoms with Crippen molar-refractivity contribution in [3.63, 3.8) is 0 Å². The fourth-order valence-electron chi connectivity index (χ4n) is 10.6. The summed E-state index contributed by atoms with van der Waals surface area (Å²) in [6.07, 6.45) is 13.7. The molecule has 5 fully saturated rings. The van der Waals surface area contributed by atoms with Gasteiger partial charge in [0, 0.05) is 24.9 Å². The molecule has 0 aromatic rings. The molecule has 4 nitrogen and oxygen atoms in total. The van der Waals surface area contributed by atoms with Crippen molar-refractivity contribution in [2.75, 3.05) is 20.3 Å². The summed E-state index contributed by atoms with van der Waals surface area (Å²) < 4.78 is 25.4. The highest BCUT2D eigenvalue weighted by atomic mass is 16.7. The average Bonchev–Trinajstić information content (AvgIpc) is 3.37. The average molecular weight is 487 g/mol. The Morgan fingerprint density at radius 1 is 1.11 bits per heavy atom. The molecule has 11 atom stereocenters. The van der Waals surface area contributed by atoms with E-state index in [-0.39, 0.29) is 5.41 Å². The Kier molecular flexibility index (Phi) is 5.89. The molecule has 0 aromatic heterocycles. The summed E-state index contributed by atoms with van der Waals surface area (Å²) in [5.74, 6) is 3.09. The standard InChI is InChI=1S/C31H50O4/c1-19(2)34-22-10-12-29(5)21(14-22)8-9-23-24(29)11-13-30(6)25(23)15-26-27(30)20(3)31(35-26)16-28(4,17-32-7)18-33-31/h8,19-20,22-27H,9-18H2,1-7H3/t20-,22-,23?,24?,25?,26?,27?,28-,29-,30-,31?/m0/s1. The van der Waals surface area contributed by atoms with Gasteiger partial charge in [0.2, 0.25) is 0 Å². The van der Waals surface area contributed by atoms with Gasteiger partial charge in [0.15, 0.2) is 5.79 Å². The van der Waals surface area contributed by atoms with Crippen molar-refractivity contribution in [1.82, 2.24) is 0 Å². The van der Waals surface area contributed by atoms with Crippen molar-refractivity contribution in [3.8, 4) is 0 Å². The summed E-state index contributed by atoms with van der Waals surface area (Å²) in [6, 6.07) is 0. The minimum absolute atomic E-state index is 0.0664. The van der Waals surface area contributed by atoms with Crippen LogP contribution in [0, 0.1) is 45.8 Å². The first-order valence-electron chi connectivity index (χ1n) is 14.7. The van der Waals surface area contributed by atoms with Crippen LogP contribution in [0.25, 0.3) is 0 Å². The van der Waals surface area contributed by atoms with Crippen molar-refractivity contribution >= 4 is 0 Å². The highest BCUT2D eigenvalue weighted by molar-refractivity contribution is 5.26. The van der Waals surface area contributed by atoms with Crippen LogP contribution in [0.4, 0.5) is 0 Å². The molecule has 198 valence electrons. The topological polar surface area (TPSA) is 36.9 Å². The molecule has 2 saturated heterocycles. The van der Waals surface area contributed by atoms with E-state index in [1.54, 1.807) is 5.57 Å². The van der Waals surface area contributed by atoms with E-state index in [9.17, 15) is 0 Å². The number of allylic oxidation sites excluding steroid dienone is 1. The first-order valence-corrected chi connectivity index (χ1v) is 14.7. The van der Waals surface area contributed by atoms with Gasteiger partial charge in [-0.15, -0.1) is 0 Å². The van der Waals surface area contributed by atoms with E-state index >= 15 is 0 Å². The Hall–Kier alpha value is -0.420. The van der Waals surface area contributed by atoms with Gasteiger partial charge >= 0.3 is 0 Å². The maximum atomic E-state index is 7.00. The minimum atomic E-state index is -0.395. The van der Waals surface area contributed by atoms with Gasteiger partial charge in [0.05, 0.1) is 31.5 Å². The molecule has 4 heteroatoms.